The van der Waals surface area contributed by atoms with E-state index in [0.717, 1.165) is 125 Å². The molecule has 18 heteroatoms. The first kappa shape index (κ1) is 63.1. The number of halogens is 3. The number of nitrogens with zero attached hydrogens (tertiary/aromatic N) is 9. The number of aromatic nitrogens is 9. The molecule has 419 valence electrons. The minimum atomic E-state index is -0.0707. The van der Waals surface area contributed by atoms with Crippen molar-refractivity contribution >= 4 is 101 Å². The molecule has 0 unspecified atom stereocenters. The Kier molecular flexibility index (Phi) is 23.2. The van der Waals surface area contributed by atoms with Crippen LogP contribution in [0.2, 0.25) is 15.1 Å². The van der Waals surface area contributed by atoms with Crippen LogP contribution in [-0.4, -0.2) is 67.0 Å². The van der Waals surface area contributed by atoms with E-state index >= 15 is 0 Å². The average Bonchev–Trinajstić information content (AvgIpc) is 4.35. The number of aliphatic hydroxyl groups excluding tert-OH is 2. The summed E-state index contributed by atoms with van der Waals surface area (Å²) in [5, 5.41) is 56.0. The fraction of sp³-hybridized carbons (Fsp3) is 0.250. The smallest absolute Gasteiger partial charge is 0.871 e. The van der Waals surface area contributed by atoms with Crippen molar-refractivity contribution in [3.05, 3.63) is 161 Å². The molecule has 0 saturated carbocycles. The van der Waals surface area contributed by atoms with E-state index < -0.39 is 0 Å². The Morgan fingerprint density at radius 2 is 0.646 bits per heavy atom. The Bertz CT molecular complexity index is 3680. The van der Waals surface area contributed by atoms with Crippen LogP contribution in [0.1, 0.15) is 73.1 Å². The second-order valence-electron chi connectivity index (χ2n) is 18.9. The quantitative estimate of drug-likeness (QED) is 0.118. The van der Waals surface area contributed by atoms with Gasteiger partial charge in [0.05, 0.1) is 49.7 Å². The summed E-state index contributed by atoms with van der Waals surface area (Å²) in [7, 11) is 0. The second-order valence-corrected chi connectivity index (χ2v) is 20.2. The Morgan fingerprint density at radius 1 is 0.378 bits per heavy atom. The van der Waals surface area contributed by atoms with Crippen molar-refractivity contribution in [3.8, 4) is 51.8 Å². The number of imidazole rings is 3. The van der Waals surface area contributed by atoms with Crippen LogP contribution in [0.4, 0.5) is 0 Å². The van der Waals surface area contributed by atoms with E-state index in [9.17, 15) is 15.3 Å². The van der Waals surface area contributed by atoms with Crippen molar-refractivity contribution in [2.24, 2.45) is 0 Å². The van der Waals surface area contributed by atoms with Crippen LogP contribution < -0.4 is 15.3 Å². The van der Waals surface area contributed by atoms with Crippen LogP contribution in [0.5, 0.6) is 17.2 Å². The van der Waals surface area contributed by atoms with Crippen molar-refractivity contribution < 1.29 is 66.4 Å². The molecular formula is C64H63Cl3N9NdO5. The van der Waals surface area contributed by atoms with Crippen LogP contribution in [0, 0.1) is 40.8 Å². The van der Waals surface area contributed by atoms with E-state index in [2.05, 4.69) is 49.4 Å². The van der Waals surface area contributed by atoms with Gasteiger partial charge >= 0.3 is 40.8 Å². The number of benzene rings is 6. The van der Waals surface area contributed by atoms with Crippen molar-refractivity contribution in [1.29, 1.82) is 0 Å². The summed E-state index contributed by atoms with van der Waals surface area (Å²) in [6.07, 6.45) is 6.39. The van der Waals surface area contributed by atoms with Gasteiger partial charge in [-0.05, 0) is 122 Å². The molecular weight excluding hydrogens is 1230 g/mol. The summed E-state index contributed by atoms with van der Waals surface area (Å²) in [4.78, 5) is 28.0. The van der Waals surface area contributed by atoms with Gasteiger partial charge in [-0.1, -0.05) is 165 Å². The number of aliphatic hydroxyl groups is 2. The third-order valence-corrected chi connectivity index (χ3v) is 13.8. The predicted molar refractivity (Wildman–Crippen MR) is 325 cm³/mol. The van der Waals surface area contributed by atoms with E-state index in [1.165, 1.54) is 0 Å². The van der Waals surface area contributed by atoms with Gasteiger partial charge in [-0.3, -0.25) is 0 Å². The number of unbranched alkanes of at least 4 members (excludes halogenated alkanes) is 3. The molecule has 0 saturated heterocycles. The summed E-state index contributed by atoms with van der Waals surface area (Å²) < 4.78 is 6.49. The third kappa shape index (κ3) is 14.8. The topological polar surface area (TPSA) is 202 Å². The van der Waals surface area contributed by atoms with E-state index in [-0.39, 0.29) is 71.3 Å². The van der Waals surface area contributed by atoms with Crippen molar-refractivity contribution in [2.45, 2.75) is 92.8 Å². The zero-order valence-corrected chi connectivity index (χ0v) is 51.9. The third-order valence-electron chi connectivity index (χ3n) is 13.1. The standard InChI is InChI=1S/3C20H18ClN3O.2C2H6O.Nd/c3*1-2-3-11-24-17-10-8-14(21)12-16(17)23-20(24)15-9-7-13-5-4-6-18(25)19(13)22-15;2*1-2-3;/h3*4-10,12,25H,2-3,11H2,1H3;2*3H,2H2,1H3;/q;;;;;+3/p-3. The van der Waals surface area contributed by atoms with Gasteiger partial charge in [0.2, 0.25) is 0 Å². The maximum absolute atomic E-state index is 12.1. The normalized spacial score (nSPS) is 10.9. The molecule has 0 aliphatic carbocycles. The molecule has 0 atom stereocenters. The van der Waals surface area contributed by atoms with Crippen LogP contribution in [0.15, 0.2) is 146 Å². The number of rotatable bonds is 12. The van der Waals surface area contributed by atoms with Crippen LogP contribution in [-0.2, 0) is 19.6 Å². The molecule has 14 nitrogen and oxygen atoms in total. The minimum absolute atomic E-state index is 0. The largest absolute Gasteiger partial charge is 3.00 e. The number of pyridine rings is 3. The number of aryl methyl sites for hydroxylation is 3. The zero-order chi connectivity index (χ0) is 57.6. The number of hydrogen-bond acceptors (Lipinski definition) is 11. The van der Waals surface area contributed by atoms with Gasteiger partial charge < -0.3 is 39.2 Å². The molecule has 12 aromatic rings. The van der Waals surface area contributed by atoms with Crippen molar-refractivity contribution in [3.63, 3.8) is 0 Å². The Hall–Kier alpha value is -6.50. The van der Waals surface area contributed by atoms with Crippen LogP contribution >= 0.6 is 34.8 Å². The number of fused-ring (bicyclic) bond motifs is 6. The molecule has 0 fully saturated rings. The molecule has 0 aliphatic rings. The molecule has 82 heavy (non-hydrogen) atoms. The number of hydrogen-bond donors (Lipinski definition) is 2. The number of para-hydroxylation sites is 3. The van der Waals surface area contributed by atoms with Crippen molar-refractivity contribution in [2.75, 3.05) is 13.2 Å². The fourth-order valence-corrected chi connectivity index (χ4v) is 9.76. The fourth-order valence-electron chi connectivity index (χ4n) is 9.26. The van der Waals surface area contributed by atoms with E-state index in [4.69, 9.17) is 60.0 Å². The maximum atomic E-state index is 12.1. The summed E-state index contributed by atoms with van der Waals surface area (Å²) in [5.41, 5.74) is 9.19. The molecule has 0 aliphatic heterocycles. The van der Waals surface area contributed by atoms with Crippen LogP contribution in [0.3, 0.4) is 0 Å². The van der Waals surface area contributed by atoms with E-state index in [0.29, 0.717) is 48.7 Å². The van der Waals surface area contributed by atoms with Gasteiger partial charge in [0.15, 0.2) is 17.5 Å². The van der Waals surface area contributed by atoms with Gasteiger partial charge in [0.1, 0.15) is 17.1 Å². The molecule has 6 aromatic heterocycles. The van der Waals surface area contributed by atoms with Gasteiger partial charge in [-0.2, -0.15) is 0 Å². The van der Waals surface area contributed by atoms with Crippen molar-refractivity contribution in [1.82, 2.24) is 43.6 Å². The summed E-state index contributed by atoms with van der Waals surface area (Å²) in [5.74, 6) is 2.11. The minimum Gasteiger partial charge on any atom is -0.871 e. The molecule has 0 amide bonds. The monoisotopic (exact) mass is 1280 g/mol. The summed E-state index contributed by atoms with van der Waals surface area (Å²) in [6.45, 7) is 12.9. The Labute approximate surface area is 524 Å². The molecule has 6 aromatic carbocycles. The summed E-state index contributed by atoms with van der Waals surface area (Å²) >= 11 is 18.4. The Morgan fingerprint density at radius 3 is 0.902 bits per heavy atom. The van der Waals surface area contributed by atoms with Gasteiger partial charge in [-0.25, -0.2) is 29.9 Å². The zero-order valence-electron chi connectivity index (χ0n) is 46.4. The predicted octanol–water partition coefficient (Wildman–Crippen LogP) is 14.3. The molecule has 1 radical (unpaired) electrons. The van der Waals surface area contributed by atoms with Crippen LogP contribution in [0.25, 0.3) is 100 Å². The summed E-state index contributed by atoms with van der Waals surface area (Å²) in [6, 6.07) is 44.3. The second kappa shape index (κ2) is 30.2. The molecule has 0 bridgehead atoms. The first-order valence-corrected chi connectivity index (χ1v) is 28.4. The van der Waals surface area contributed by atoms with Gasteiger partial charge in [0, 0.05) is 47.9 Å². The SMILES string of the molecule is CCCCn1c(-c2ccc3cccc([O-])c3n2)nc2cc(Cl)ccc21.CCCCn1c(-c2ccc3cccc([O-])c3n2)nc2cc(Cl)ccc21.CCCCn1c(-c2ccc3cccc([O-])c3n2)nc2cc(Cl)ccc21.CCO.CCO.[Nd+3]. The molecule has 2 N–H and O–H groups in total. The Balaban J connectivity index is 0.000000168. The average molecular weight is 1290 g/mol. The maximum Gasteiger partial charge on any atom is 3.00 e. The van der Waals surface area contributed by atoms with Gasteiger partial charge in [0.25, 0.3) is 0 Å². The van der Waals surface area contributed by atoms with E-state index in [1.807, 2.05) is 109 Å². The first-order chi connectivity index (χ1) is 39.3. The molecule has 0 spiro atoms. The first-order valence-electron chi connectivity index (χ1n) is 27.2. The molecule has 6 heterocycles. The molecule has 12 rings (SSSR count). The van der Waals surface area contributed by atoms with Gasteiger partial charge in [-0.15, -0.1) is 0 Å². The van der Waals surface area contributed by atoms with E-state index in [1.54, 1.807) is 50.2 Å².